The van der Waals surface area contributed by atoms with Gasteiger partial charge in [-0.05, 0) is 108 Å². The van der Waals surface area contributed by atoms with E-state index in [9.17, 15) is 9.18 Å². The summed E-state index contributed by atoms with van der Waals surface area (Å²) in [6.45, 7) is 6.75. The van der Waals surface area contributed by atoms with E-state index in [1.54, 1.807) is 16.5 Å². The molecular formula is C27H22FIN2O3S. The van der Waals surface area contributed by atoms with E-state index in [0.29, 0.717) is 27.6 Å². The number of hydrogen-bond acceptors (Lipinski definition) is 5. The number of aromatic nitrogens is 2. The lowest BCUT2D eigenvalue weighted by molar-refractivity contribution is 0.267. The van der Waals surface area contributed by atoms with Crippen molar-refractivity contribution in [1.29, 1.82) is 0 Å². The molecule has 35 heavy (non-hydrogen) atoms. The topological polar surface area (TPSA) is 52.8 Å². The van der Waals surface area contributed by atoms with Gasteiger partial charge in [0.1, 0.15) is 12.4 Å². The van der Waals surface area contributed by atoms with Crippen LogP contribution in [-0.2, 0) is 6.61 Å². The summed E-state index contributed by atoms with van der Waals surface area (Å²) in [6, 6.07) is 14.1. The molecular weight excluding hydrogens is 578 g/mol. The van der Waals surface area contributed by atoms with Crippen LogP contribution in [0, 0.1) is 23.2 Å². The lowest BCUT2D eigenvalue weighted by Crippen LogP contribution is -2.22. The average molecular weight is 600 g/mol. The first-order valence-electron chi connectivity index (χ1n) is 11.1. The van der Waals surface area contributed by atoms with E-state index in [4.69, 9.17) is 9.47 Å². The normalized spacial score (nSPS) is 12.1. The molecule has 0 saturated heterocycles. The molecule has 5 rings (SSSR count). The molecule has 3 aromatic carbocycles. The van der Waals surface area contributed by atoms with Gasteiger partial charge in [0.15, 0.2) is 16.5 Å². The number of benzene rings is 3. The first-order valence-corrected chi connectivity index (χ1v) is 13.0. The molecule has 2 aromatic heterocycles. The number of rotatable bonds is 6. The van der Waals surface area contributed by atoms with Gasteiger partial charge in [0.05, 0.1) is 25.7 Å². The molecule has 0 unspecified atom stereocenters. The Kier molecular flexibility index (Phi) is 6.50. The number of fused-ring (bicyclic) bond motifs is 3. The van der Waals surface area contributed by atoms with Gasteiger partial charge < -0.3 is 9.47 Å². The summed E-state index contributed by atoms with van der Waals surface area (Å²) in [5, 5.41) is 0. The molecule has 0 N–H and O–H groups in total. The molecule has 2 heterocycles. The highest BCUT2D eigenvalue weighted by atomic mass is 127. The van der Waals surface area contributed by atoms with Crippen LogP contribution in [0.5, 0.6) is 11.5 Å². The van der Waals surface area contributed by atoms with Crippen molar-refractivity contribution in [3.8, 4) is 11.5 Å². The van der Waals surface area contributed by atoms with Crippen LogP contribution >= 0.6 is 33.9 Å². The third-order valence-electron chi connectivity index (χ3n) is 5.78. The molecule has 0 atom stereocenters. The van der Waals surface area contributed by atoms with Gasteiger partial charge in [-0.1, -0.05) is 23.5 Å². The zero-order valence-electron chi connectivity index (χ0n) is 19.4. The second kappa shape index (κ2) is 9.58. The van der Waals surface area contributed by atoms with Gasteiger partial charge >= 0.3 is 0 Å². The van der Waals surface area contributed by atoms with E-state index in [2.05, 4.69) is 27.6 Å². The highest BCUT2D eigenvalue weighted by Gasteiger charge is 2.15. The van der Waals surface area contributed by atoms with E-state index in [-0.39, 0.29) is 18.0 Å². The standard InChI is InChI=1S/C27H22FIN2O3S/c1-4-33-23-12-18(11-20(29)25(23)34-14-17-5-7-19(28)8-6-17)13-24-26(32)31-22-10-16(3)15(2)9-21(22)30-27(31)35-24/h5-13H,4,14H2,1-3H3/b24-13-. The van der Waals surface area contributed by atoms with E-state index in [0.717, 1.165) is 36.9 Å². The third-order valence-corrected chi connectivity index (χ3v) is 7.55. The molecule has 5 aromatic rings. The van der Waals surface area contributed by atoms with Crippen molar-refractivity contribution in [3.05, 3.63) is 95.1 Å². The Hall–Kier alpha value is -2.98. The minimum Gasteiger partial charge on any atom is -0.490 e. The van der Waals surface area contributed by atoms with E-state index in [1.807, 2.05) is 51.1 Å². The fraction of sp³-hybridized carbons (Fsp3) is 0.185. The number of imidazole rings is 1. The molecule has 0 spiro atoms. The summed E-state index contributed by atoms with van der Waals surface area (Å²) >= 11 is 3.58. The van der Waals surface area contributed by atoms with Crippen LogP contribution in [0.25, 0.3) is 22.1 Å². The van der Waals surface area contributed by atoms with Crippen molar-refractivity contribution in [2.45, 2.75) is 27.4 Å². The van der Waals surface area contributed by atoms with Gasteiger partial charge in [0.25, 0.3) is 5.56 Å². The molecule has 8 heteroatoms. The van der Waals surface area contributed by atoms with Crippen LogP contribution in [0.3, 0.4) is 0 Å². The van der Waals surface area contributed by atoms with Gasteiger partial charge in [-0.15, -0.1) is 0 Å². The summed E-state index contributed by atoms with van der Waals surface area (Å²) in [5.41, 5.74) is 5.56. The maximum absolute atomic E-state index is 13.3. The fourth-order valence-electron chi connectivity index (χ4n) is 3.88. The molecule has 0 saturated carbocycles. The van der Waals surface area contributed by atoms with E-state index in [1.165, 1.54) is 23.5 Å². The van der Waals surface area contributed by atoms with Gasteiger partial charge in [-0.2, -0.15) is 0 Å². The van der Waals surface area contributed by atoms with Gasteiger partial charge in [0, 0.05) is 0 Å². The minimum atomic E-state index is -0.282. The molecule has 0 aliphatic rings. The van der Waals surface area contributed by atoms with Crippen LogP contribution in [0.1, 0.15) is 29.2 Å². The zero-order chi connectivity index (χ0) is 24.7. The Balaban J connectivity index is 1.53. The average Bonchev–Trinajstić information content (AvgIpc) is 3.30. The first kappa shape index (κ1) is 23.7. The highest BCUT2D eigenvalue weighted by Crippen LogP contribution is 2.35. The van der Waals surface area contributed by atoms with Crippen LogP contribution in [-0.4, -0.2) is 16.0 Å². The number of hydrogen-bond donors (Lipinski definition) is 0. The van der Waals surface area contributed by atoms with Gasteiger partial charge in [0.2, 0.25) is 0 Å². The molecule has 0 radical (unpaired) electrons. The molecule has 0 bridgehead atoms. The quantitative estimate of drug-likeness (QED) is 0.232. The molecule has 5 nitrogen and oxygen atoms in total. The van der Waals surface area contributed by atoms with Crippen LogP contribution in [0.15, 0.2) is 53.3 Å². The van der Waals surface area contributed by atoms with Gasteiger partial charge in [-0.3, -0.25) is 4.79 Å². The number of nitrogens with zero attached hydrogens (tertiary/aromatic N) is 2. The molecule has 0 aliphatic carbocycles. The maximum Gasteiger partial charge on any atom is 0.274 e. The molecule has 0 fully saturated rings. The second-order valence-electron chi connectivity index (χ2n) is 8.25. The number of ether oxygens (including phenoxy) is 2. The Labute approximate surface area is 219 Å². The predicted octanol–water partition coefficient (Wildman–Crippen LogP) is 5.80. The summed E-state index contributed by atoms with van der Waals surface area (Å²) in [5.74, 6) is 0.933. The number of aryl methyl sites for hydroxylation is 2. The first-order chi connectivity index (χ1) is 16.8. The zero-order valence-corrected chi connectivity index (χ0v) is 22.4. The van der Waals surface area contributed by atoms with Crippen molar-refractivity contribution in [3.63, 3.8) is 0 Å². The monoisotopic (exact) mass is 600 g/mol. The molecule has 0 amide bonds. The van der Waals surface area contributed by atoms with Crippen molar-refractivity contribution in [1.82, 2.24) is 9.38 Å². The predicted molar refractivity (Wildman–Crippen MR) is 146 cm³/mol. The number of halogens is 2. The number of thiazole rings is 1. The largest absolute Gasteiger partial charge is 0.490 e. The second-order valence-corrected chi connectivity index (χ2v) is 10.4. The van der Waals surface area contributed by atoms with Crippen LogP contribution in [0.2, 0.25) is 0 Å². The van der Waals surface area contributed by atoms with Crippen molar-refractivity contribution in [2.75, 3.05) is 6.61 Å². The fourth-order valence-corrected chi connectivity index (χ4v) is 5.65. The maximum atomic E-state index is 13.3. The third kappa shape index (κ3) is 4.64. The minimum absolute atomic E-state index is 0.0830. The molecule has 178 valence electrons. The Bertz CT molecular complexity index is 1680. The lowest BCUT2D eigenvalue weighted by Gasteiger charge is -2.15. The SMILES string of the molecule is CCOc1cc(/C=c2\sc3nc4cc(C)c(C)cc4n3c2=O)cc(I)c1OCc1ccc(F)cc1. The van der Waals surface area contributed by atoms with Crippen molar-refractivity contribution in [2.24, 2.45) is 0 Å². The Morgan fingerprint density at radius 1 is 1.09 bits per heavy atom. The van der Waals surface area contributed by atoms with E-state index >= 15 is 0 Å². The summed E-state index contributed by atoms with van der Waals surface area (Å²) in [6.07, 6.45) is 1.86. The highest BCUT2D eigenvalue weighted by molar-refractivity contribution is 14.1. The Morgan fingerprint density at radius 2 is 1.83 bits per heavy atom. The van der Waals surface area contributed by atoms with Crippen LogP contribution in [0.4, 0.5) is 4.39 Å². The molecule has 0 aliphatic heterocycles. The summed E-state index contributed by atoms with van der Waals surface area (Å²) < 4.78 is 28.2. The summed E-state index contributed by atoms with van der Waals surface area (Å²) in [4.78, 5) is 18.6. The van der Waals surface area contributed by atoms with E-state index < -0.39 is 0 Å². The van der Waals surface area contributed by atoms with Crippen LogP contribution < -0.4 is 19.6 Å². The lowest BCUT2D eigenvalue weighted by atomic mass is 10.1. The Morgan fingerprint density at radius 3 is 2.57 bits per heavy atom. The van der Waals surface area contributed by atoms with Gasteiger partial charge in [-0.25, -0.2) is 13.8 Å². The smallest absolute Gasteiger partial charge is 0.274 e. The summed E-state index contributed by atoms with van der Waals surface area (Å²) in [7, 11) is 0. The van der Waals surface area contributed by atoms with Crippen molar-refractivity contribution < 1.29 is 13.9 Å². The van der Waals surface area contributed by atoms with Crippen molar-refractivity contribution >= 4 is 56.0 Å².